The number of carbonyl (C=O) groups excluding carboxylic acids is 1. The van der Waals surface area contributed by atoms with Gasteiger partial charge in [-0.05, 0) is 47.2 Å². The van der Waals surface area contributed by atoms with Crippen molar-refractivity contribution >= 4 is 15.9 Å². The summed E-state index contributed by atoms with van der Waals surface area (Å²) in [6, 6.07) is 23.3. The highest BCUT2D eigenvalue weighted by Crippen LogP contribution is 2.29. The fourth-order valence-corrected chi connectivity index (χ4v) is 5.49. The zero-order valence-electron chi connectivity index (χ0n) is 17.5. The lowest BCUT2D eigenvalue weighted by molar-refractivity contribution is -0.125. The molecule has 0 saturated heterocycles. The summed E-state index contributed by atoms with van der Waals surface area (Å²) in [6.07, 6.45) is 1.31. The van der Waals surface area contributed by atoms with E-state index in [-0.39, 0.29) is 17.3 Å². The molecule has 0 saturated carbocycles. The van der Waals surface area contributed by atoms with Crippen LogP contribution in [0.2, 0.25) is 0 Å². The van der Waals surface area contributed by atoms with Crippen molar-refractivity contribution in [3.05, 3.63) is 101 Å². The van der Waals surface area contributed by atoms with Crippen molar-refractivity contribution in [3.8, 4) is 0 Å². The third-order valence-corrected chi connectivity index (χ3v) is 7.62. The van der Waals surface area contributed by atoms with E-state index in [2.05, 4.69) is 12.2 Å². The summed E-state index contributed by atoms with van der Waals surface area (Å²) in [5.74, 6) is -0.284. The van der Waals surface area contributed by atoms with Crippen LogP contribution in [0.4, 0.5) is 0 Å². The van der Waals surface area contributed by atoms with Crippen LogP contribution in [0.3, 0.4) is 0 Å². The molecule has 1 aliphatic heterocycles. The largest absolute Gasteiger partial charge is 0.351 e. The van der Waals surface area contributed by atoms with Crippen LogP contribution in [-0.2, 0) is 40.7 Å². The van der Waals surface area contributed by atoms with Gasteiger partial charge in [0.25, 0.3) is 0 Å². The maximum Gasteiger partial charge on any atom is 0.244 e. The number of hydrogen-bond donors (Lipinski definition) is 1. The Labute approximate surface area is 183 Å². The zero-order valence-corrected chi connectivity index (χ0v) is 18.3. The molecular formula is C25H26N2O3S. The molecular weight excluding hydrogens is 408 g/mol. The molecule has 1 N–H and O–H groups in total. The van der Waals surface area contributed by atoms with Crippen LogP contribution in [-0.4, -0.2) is 24.7 Å². The molecule has 5 nitrogen and oxygen atoms in total. The average molecular weight is 435 g/mol. The minimum Gasteiger partial charge on any atom is -0.351 e. The maximum atomic E-state index is 13.4. The average Bonchev–Trinajstić information content (AvgIpc) is 2.82. The molecule has 0 aliphatic carbocycles. The van der Waals surface area contributed by atoms with Gasteiger partial charge in [0.1, 0.15) is 6.04 Å². The summed E-state index contributed by atoms with van der Waals surface area (Å²) in [6.45, 7) is 2.64. The Kier molecular flexibility index (Phi) is 6.20. The Morgan fingerprint density at radius 3 is 2.19 bits per heavy atom. The van der Waals surface area contributed by atoms with E-state index in [1.807, 2.05) is 48.5 Å². The van der Waals surface area contributed by atoms with Crippen molar-refractivity contribution in [1.82, 2.24) is 9.62 Å². The van der Waals surface area contributed by atoms with E-state index >= 15 is 0 Å². The SMILES string of the molecule is CCc1ccc(CNC(=O)C2Cc3ccccc3CN2S(=O)(=O)c2ccccc2)cc1. The minimum absolute atomic E-state index is 0.177. The zero-order chi connectivity index (χ0) is 21.8. The molecule has 0 spiro atoms. The van der Waals surface area contributed by atoms with E-state index in [4.69, 9.17) is 0 Å². The van der Waals surface area contributed by atoms with Crippen LogP contribution in [0.5, 0.6) is 0 Å². The first-order valence-corrected chi connectivity index (χ1v) is 11.9. The molecule has 6 heteroatoms. The molecule has 31 heavy (non-hydrogen) atoms. The molecule has 0 radical (unpaired) electrons. The number of nitrogens with zero attached hydrogens (tertiary/aromatic N) is 1. The van der Waals surface area contributed by atoms with E-state index in [1.165, 1.54) is 9.87 Å². The third kappa shape index (κ3) is 4.55. The van der Waals surface area contributed by atoms with Crippen LogP contribution >= 0.6 is 0 Å². The van der Waals surface area contributed by atoms with E-state index in [0.29, 0.717) is 13.0 Å². The van der Waals surface area contributed by atoms with Crippen LogP contribution in [0.15, 0.2) is 83.8 Å². The molecule has 160 valence electrons. The second-order valence-electron chi connectivity index (χ2n) is 7.74. The molecule has 1 atom stereocenters. The molecule has 0 aromatic heterocycles. The highest BCUT2D eigenvalue weighted by Gasteiger charge is 2.39. The summed E-state index contributed by atoms with van der Waals surface area (Å²) in [5, 5.41) is 2.95. The number of fused-ring (bicyclic) bond motifs is 1. The molecule has 1 aliphatic rings. The number of sulfonamides is 1. The van der Waals surface area contributed by atoms with E-state index in [1.54, 1.807) is 30.3 Å². The van der Waals surface area contributed by atoms with Crippen LogP contribution in [0.1, 0.15) is 29.2 Å². The van der Waals surface area contributed by atoms with Gasteiger partial charge in [0, 0.05) is 13.1 Å². The normalized spacial score (nSPS) is 16.5. The fourth-order valence-electron chi connectivity index (χ4n) is 3.90. The Hall–Kier alpha value is -2.96. The Bertz CT molecular complexity index is 1160. The lowest BCUT2D eigenvalue weighted by atomic mass is 9.95. The monoisotopic (exact) mass is 434 g/mol. The fraction of sp³-hybridized carbons (Fsp3) is 0.240. The maximum absolute atomic E-state index is 13.4. The minimum atomic E-state index is -3.82. The summed E-state index contributed by atoms with van der Waals surface area (Å²) in [5.41, 5.74) is 4.16. The summed E-state index contributed by atoms with van der Waals surface area (Å²) >= 11 is 0. The highest BCUT2D eigenvalue weighted by molar-refractivity contribution is 7.89. The van der Waals surface area contributed by atoms with E-state index in [9.17, 15) is 13.2 Å². The summed E-state index contributed by atoms with van der Waals surface area (Å²) in [4.78, 5) is 13.4. The van der Waals surface area contributed by atoms with Crippen LogP contribution in [0.25, 0.3) is 0 Å². The first kappa shape index (κ1) is 21.3. The Morgan fingerprint density at radius 1 is 0.903 bits per heavy atom. The second kappa shape index (κ2) is 9.04. The first-order chi connectivity index (χ1) is 15.0. The predicted molar refractivity (Wildman–Crippen MR) is 121 cm³/mol. The topological polar surface area (TPSA) is 66.5 Å². The Balaban J connectivity index is 1.60. The molecule has 3 aromatic rings. The Morgan fingerprint density at radius 2 is 1.52 bits per heavy atom. The van der Waals surface area contributed by atoms with Gasteiger partial charge in [0.15, 0.2) is 0 Å². The molecule has 1 amide bonds. The highest BCUT2D eigenvalue weighted by atomic mass is 32.2. The van der Waals surface area contributed by atoms with E-state index in [0.717, 1.165) is 23.1 Å². The van der Waals surface area contributed by atoms with Crippen molar-refractivity contribution in [3.63, 3.8) is 0 Å². The van der Waals surface area contributed by atoms with Crippen LogP contribution < -0.4 is 5.32 Å². The lowest BCUT2D eigenvalue weighted by Gasteiger charge is -2.35. The van der Waals surface area contributed by atoms with Gasteiger partial charge in [0.2, 0.25) is 15.9 Å². The van der Waals surface area contributed by atoms with Crippen molar-refractivity contribution in [2.75, 3.05) is 0 Å². The summed E-state index contributed by atoms with van der Waals surface area (Å²) < 4.78 is 28.1. The molecule has 3 aromatic carbocycles. The van der Waals surface area contributed by atoms with Gasteiger partial charge < -0.3 is 5.32 Å². The van der Waals surface area contributed by atoms with Crippen molar-refractivity contribution in [2.45, 2.75) is 43.8 Å². The number of amides is 1. The number of aryl methyl sites for hydroxylation is 1. The number of rotatable bonds is 6. The van der Waals surface area contributed by atoms with Gasteiger partial charge in [0.05, 0.1) is 4.90 Å². The first-order valence-electron chi connectivity index (χ1n) is 10.5. The molecule has 0 bridgehead atoms. The number of hydrogen-bond acceptors (Lipinski definition) is 3. The quantitative estimate of drug-likeness (QED) is 0.644. The molecule has 0 fully saturated rings. The van der Waals surface area contributed by atoms with Gasteiger partial charge in [-0.2, -0.15) is 4.31 Å². The van der Waals surface area contributed by atoms with E-state index < -0.39 is 16.1 Å². The number of nitrogens with one attached hydrogen (secondary N) is 1. The summed E-state index contributed by atoms with van der Waals surface area (Å²) in [7, 11) is -3.82. The lowest BCUT2D eigenvalue weighted by Crippen LogP contribution is -2.52. The van der Waals surface area contributed by atoms with Crippen LogP contribution in [0, 0.1) is 0 Å². The smallest absolute Gasteiger partial charge is 0.244 e. The van der Waals surface area contributed by atoms with Gasteiger partial charge >= 0.3 is 0 Å². The predicted octanol–water partition coefficient (Wildman–Crippen LogP) is 3.68. The molecule has 1 heterocycles. The standard InChI is InChI=1S/C25H26N2O3S/c1-2-19-12-14-20(15-13-19)17-26-25(28)24-16-21-8-6-7-9-22(21)18-27(24)31(29,30)23-10-4-3-5-11-23/h3-15,24H,2,16-18H2,1H3,(H,26,28). The second-order valence-corrected chi connectivity index (χ2v) is 9.63. The number of benzene rings is 3. The van der Waals surface area contributed by atoms with Crippen molar-refractivity contribution < 1.29 is 13.2 Å². The molecule has 1 unspecified atom stereocenters. The molecule has 4 rings (SSSR count). The number of carbonyl (C=O) groups is 1. The van der Waals surface area contributed by atoms with Gasteiger partial charge in [-0.1, -0.05) is 73.7 Å². The van der Waals surface area contributed by atoms with Crippen molar-refractivity contribution in [1.29, 1.82) is 0 Å². The van der Waals surface area contributed by atoms with Gasteiger partial charge in [-0.25, -0.2) is 8.42 Å². The van der Waals surface area contributed by atoms with Gasteiger partial charge in [-0.15, -0.1) is 0 Å². The van der Waals surface area contributed by atoms with Gasteiger partial charge in [-0.3, -0.25) is 4.79 Å². The third-order valence-electron chi connectivity index (χ3n) is 5.76. The van der Waals surface area contributed by atoms with Crippen molar-refractivity contribution in [2.24, 2.45) is 0 Å².